The first-order valence-corrected chi connectivity index (χ1v) is 10.2. The van der Waals surface area contributed by atoms with Crippen molar-refractivity contribution in [3.8, 4) is 0 Å². The first-order chi connectivity index (χ1) is 12.6. The molecule has 0 bridgehead atoms. The van der Waals surface area contributed by atoms with Gasteiger partial charge in [0.2, 0.25) is 11.8 Å². The van der Waals surface area contributed by atoms with Crippen LogP contribution < -0.4 is 5.32 Å². The van der Waals surface area contributed by atoms with Gasteiger partial charge < -0.3 is 15.2 Å². The number of piperidine rings is 1. The molecule has 1 aromatic rings. The van der Waals surface area contributed by atoms with Gasteiger partial charge in [-0.3, -0.25) is 9.59 Å². The summed E-state index contributed by atoms with van der Waals surface area (Å²) in [5.74, 6) is 2.19. The summed E-state index contributed by atoms with van der Waals surface area (Å²) in [6, 6.07) is -0.423. The van der Waals surface area contributed by atoms with Crippen molar-refractivity contribution in [3.63, 3.8) is 0 Å². The zero-order valence-corrected chi connectivity index (χ0v) is 15.9. The largest absolute Gasteiger partial charge is 0.349 e. The maximum atomic E-state index is 12.6. The van der Waals surface area contributed by atoms with Gasteiger partial charge in [0.15, 0.2) is 0 Å². The Hall–Kier alpha value is -1.85. The number of nitrogens with zero attached hydrogens (tertiary/aromatic N) is 2. The average Bonchev–Trinajstić information content (AvgIpc) is 3.15. The highest BCUT2D eigenvalue weighted by Crippen LogP contribution is 2.26. The number of aromatic nitrogens is 2. The van der Waals surface area contributed by atoms with Gasteiger partial charge in [-0.25, -0.2) is 4.98 Å². The Kier molecular flexibility index (Phi) is 6.69. The third kappa shape index (κ3) is 5.32. The van der Waals surface area contributed by atoms with Gasteiger partial charge in [0.25, 0.3) is 0 Å². The van der Waals surface area contributed by atoms with E-state index in [0.29, 0.717) is 18.3 Å². The van der Waals surface area contributed by atoms with Gasteiger partial charge in [0, 0.05) is 38.3 Å². The normalized spacial score (nSPS) is 20.7. The molecule has 1 saturated carbocycles. The molecule has 144 valence electrons. The topological polar surface area (TPSA) is 78.1 Å². The van der Waals surface area contributed by atoms with E-state index in [4.69, 9.17) is 0 Å². The first-order valence-electron chi connectivity index (χ1n) is 10.2. The number of imidazole rings is 1. The molecule has 2 N–H and O–H groups in total. The van der Waals surface area contributed by atoms with Crippen molar-refractivity contribution >= 4 is 11.8 Å². The molecule has 0 unspecified atom stereocenters. The quantitative estimate of drug-likeness (QED) is 0.819. The maximum absolute atomic E-state index is 12.6. The minimum absolute atomic E-state index is 0.0328. The Morgan fingerprint density at radius 2 is 1.92 bits per heavy atom. The van der Waals surface area contributed by atoms with Crippen LogP contribution in [-0.4, -0.2) is 45.8 Å². The van der Waals surface area contributed by atoms with E-state index in [-0.39, 0.29) is 11.8 Å². The summed E-state index contributed by atoms with van der Waals surface area (Å²) in [6.07, 6.45) is 13.2. The number of carbonyl (C=O) groups is 2. The molecule has 1 aliphatic carbocycles. The van der Waals surface area contributed by atoms with Crippen molar-refractivity contribution in [2.24, 2.45) is 11.8 Å². The van der Waals surface area contributed by atoms with E-state index in [9.17, 15) is 9.59 Å². The van der Waals surface area contributed by atoms with Crippen molar-refractivity contribution < 1.29 is 9.59 Å². The summed E-state index contributed by atoms with van der Waals surface area (Å²) in [6.45, 7) is 3.36. The molecule has 1 aliphatic heterocycles. The third-order valence-electron chi connectivity index (χ3n) is 5.91. The van der Waals surface area contributed by atoms with E-state index >= 15 is 0 Å². The minimum atomic E-state index is -0.423. The molecule has 26 heavy (non-hydrogen) atoms. The Morgan fingerprint density at radius 3 is 2.58 bits per heavy atom. The van der Waals surface area contributed by atoms with Gasteiger partial charge in [-0.1, -0.05) is 19.3 Å². The smallest absolute Gasteiger partial charge is 0.244 e. The Morgan fingerprint density at radius 1 is 1.19 bits per heavy atom. The lowest BCUT2D eigenvalue weighted by atomic mass is 9.87. The van der Waals surface area contributed by atoms with Gasteiger partial charge >= 0.3 is 0 Å². The monoisotopic (exact) mass is 360 g/mol. The van der Waals surface area contributed by atoms with Crippen molar-refractivity contribution in [1.82, 2.24) is 20.2 Å². The maximum Gasteiger partial charge on any atom is 0.244 e. The van der Waals surface area contributed by atoms with E-state index in [1.807, 2.05) is 18.0 Å². The summed E-state index contributed by atoms with van der Waals surface area (Å²) < 4.78 is 0. The fourth-order valence-corrected chi connectivity index (χ4v) is 4.33. The fraction of sp³-hybridized carbons (Fsp3) is 0.750. The second kappa shape index (κ2) is 9.19. The van der Waals surface area contributed by atoms with Crippen LogP contribution >= 0.6 is 0 Å². The van der Waals surface area contributed by atoms with Crippen molar-refractivity contribution in [2.75, 3.05) is 13.1 Å². The summed E-state index contributed by atoms with van der Waals surface area (Å²) in [5, 5.41) is 2.93. The first kappa shape index (κ1) is 18.9. The predicted octanol–water partition coefficient (Wildman–Crippen LogP) is 2.67. The molecule has 0 aromatic carbocycles. The van der Waals surface area contributed by atoms with Crippen LogP contribution in [0.25, 0.3) is 0 Å². The molecule has 2 fully saturated rings. The number of carbonyl (C=O) groups excluding carboxylic acids is 2. The molecular formula is C20H32N4O2. The predicted molar refractivity (Wildman–Crippen MR) is 100 cm³/mol. The lowest BCUT2D eigenvalue weighted by Crippen LogP contribution is -2.49. The Labute approximate surface area is 156 Å². The van der Waals surface area contributed by atoms with Gasteiger partial charge in [0.1, 0.15) is 11.9 Å². The van der Waals surface area contributed by atoms with Gasteiger partial charge in [-0.2, -0.15) is 0 Å². The molecule has 6 heteroatoms. The van der Waals surface area contributed by atoms with E-state index in [1.54, 1.807) is 6.20 Å². The lowest BCUT2D eigenvalue weighted by molar-refractivity contribution is -0.137. The molecule has 3 rings (SSSR count). The number of H-pyrrole nitrogens is 1. The van der Waals surface area contributed by atoms with E-state index in [1.165, 1.54) is 19.3 Å². The standard InChI is InChI=1S/C20H32N4O2/c1-15(23-19(25)14-16-5-3-2-4-6-16)20(26)24-11-7-17(8-12-24)13-18-21-9-10-22-18/h9-10,15-17H,2-8,11-14H2,1H3,(H,21,22)(H,23,25)/t15-/m0/s1. The zero-order valence-electron chi connectivity index (χ0n) is 15.9. The highest BCUT2D eigenvalue weighted by Gasteiger charge is 2.27. The summed E-state index contributed by atoms with van der Waals surface area (Å²) in [4.78, 5) is 34.2. The average molecular weight is 361 g/mol. The molecule has 2 heterocycles. The Bertz CT molecular complexity index is 573. The molecule has 0 spiro atoms. The van der Waals surface area contributed by atoms with Crippen LogP contribution in [0.4, 0.5) is 0 Å². The second-order valence-electron chi connectivity index (χ2n) is 8.01. The molecular weight excluding hydrogens is 328 g/mol. The molecule has 6 nitrogen and oxygen atoms in total. The number of hydrogen-bond donors (Lipinski definition) is 2. The van der Waals surface area contributed by atoms with E-state index in [0.717, 1.165) is 51.0 Å². The number of amides is 2. The molecule has 1 aromatic heterocycles. The van der Waals surface area contributed by atoms with Crippen LogP contribution in [0.15, 0.2) is 12.4 Å². The lowest BCUT2D eigenvalue weighted by Gasteiger charge is -2.33. The van der Waals surface area contributed by atoms with Crippen LogP contribution in [0.3, 0.4) is 0 Å². The summed E-state index contributed by atoms with van der Waals surface area (Å²) in [7, 11) is 0. The van der Waals surface area contributed by atoms with Crippen LogP contribution in [0.5, 0.6) is 0 Å². The second-order valence-corrected chi connectivity index (χ2v) is 8.01. The highest BCUT2D eigenvalue weighted by molar-refractivity contribution is 5.87. The number of hydrogen-bond acceptors (Lipinski definition) is 3. The van der Waals surface area contributed by atoms with Crippen LogP contribution in [0.1, 0.15) is 64.1 Å². The van der Waals surface area contributed by atoms with Crippen LogP contribution in [0.2, 0.25) is 0 Å². The van der Waals surface area contributed by atoms with Crippen molar-refractivity contribution in [2.45, 2.75) is 70.8 Å². The molecule has 0 radical (unpaired) electrons. The number of rotatable bonds is 6. The number of likely N-dealkylation sites (tertiary alicyclic amines) is 1. The number of nitrogens with one attached hydrogen (secondary N) is 2. The third-order valence-corrected chi connectivity index (χ3v) is 5.91. The zero-order chi connectivity index (χ0) is 18.4. The molecule has 2 amide bonds. The van der Waals surface area contributed by atoms with E-state index < -0.39 is 6.04 Å². The van der Waals surface area contributed by atoms with Gasteiger partial charge in [0.05, 0.1) is 0 Å². The Balaban J connectivity index is 1.38. The van der Waals surface area contributed by atoms with E-state index in [2.05, 4.69) is 15.3 Å². The molecule has 2 aliphatic rings. The summed E-state index contributed by atoms with van der Waals surface area (Å²) >= 11 is 0. The number of aromatic amines is 1. The molecule has 1 saturated heterocycles. The minimum Gasteiger partial charge on any atom is -0.349 e. The molecule has 1 atom stereocenters. The van der Waals surface area contributed by atoms with Gasteiger partial charge in [-0.15, -0.1) is 0 Å². The van der Waals surface area contributed by atoms with Crippen molar-refractivity contribution in [3.05, 3.63) is 18.2 Å². The van der Waals surface area contributed by atoms with Crippen LogP contribution in [-0.2, 0) is 16.0 Å². The fourth-order valence-electron chi connectivity index (χ4n) is 4.33. The SMILES string of the molecule is C[C@H](NC(=O)CC1CCCCC1)C(=O)N1CCC(Cc2ncc[nH]2)CC1. The van der Waals surface area contributed by atoms with Crippen molar-refractivity contribution in [1.29, 1.82) is 0 Å². The highest BCUT2D eigenvalue weighted by atomic mass is 16.2. The van der Waals surface area contributed by atoms with Gasteiger partial charge in [-0.05, 0) is 44.4 Å². The summed E-state index contributed by atoms with van der Waals surface area (Å²) in [5.41, 5.74) is 0. The van der Waals surface area contributed by atoms with Crippen LogP contribution in [0, 0.1) is 11.8 Å².